The summed E-state index contributed by atoms with van der Waals surface area (Å²) in [5.41, 5.74) is 12.4. The molecule has 4 rings (SSSR count). The highest BCUT2D eigenvalue weighted by Gasteiger charge is 2.35. The van der Waals surface area contributed by atoms with E-state index in [2.05, 4.69) is 16.0 Å². The van der Waals surface area contributed by atoms with E-state index >= 15 is 0 Å². The van der Waals surface area contributed by atoms with E-state index in [1.165, 1.54) is 12.8 Å². The second-order valence-corrected chi connectivity index (χ2v) is 9.55. The number of nitrogens with two attached hydrogens (primary N) is 2. The number of likely N-dealkylation sites (tertiary alicyclic amines) is 1. The smallest absolute Gasteiger partial charge is 0.244 e. The normalized spacial score (nSPS) is 21.1. The lowest BCUT2D eigenvalue weighted by Gasteiger charge is -2.35. The lowest BCUT2D eigenvalue weighted by Crippen LogP contribution is -2.34. The standard InChI is InChI=1S/C26H29ClF2N4O2/c1-16(22-19(28)6-7-20(29)23(22)27)35-21-13-18(15-32-24(21)30)26(9-12-33-10-2-3-11-33)8-4-5-17(14-26)25(31)34/h4-8,13,15-16H,2-3,9-12,14H2,1H3,(H2,30,32)(H2,31,34). The van der Waals surface area contributed by atoms with Gasteiger partial charge >= 0.3 is 0 Å². The first-order chi connectivity index (χ1) is 16.7. The number of hydrogen-bond donors (Lipinski definition) is 2. The van der Waals surface area contributed by atoms with Gasteiger partial charge < -0.3 is 21.1 Å². The molecule has 35 heavy (non-hydrogen) atoms. The van der Waals surface area contributed by atoms with Gasteiger partial charge in [-0.2, -0.15) is 0 Å². The van der Waals surface area contributed by atoms with E-state index < -0.39 is 29.1 Å². The highest BCUT2D eigenvalue weighted by Crippen LogP contribution is 2.42. The number of nitrogen functional groups attached to an aromatic ring is 1. The zero-order chi connectivity index (χ0) is 25.2. The molecule has 0 bridgehead atoms. The van der Waals surface area contributed by atoms with Crippen LogP contribution in [0.3, 0.4) is 0 Å². The first-order valence-electron chi connectivity index (χ1n) is 11.7. The molecular weight excluding hydrogens is 474 g/mol. The van der Waals surface area contributed by atoms with Crippen LogP contribution in [-0.4, -0.2) is 35.4 Å². The number of benzene rings is 1. The third kappa shape index (κ3) is 5.33. The zero-order valence-electron chi connectivity index (χ0n) is 19.6. The topological polar surface area (TPSA) is 94.5 Å². The fourth-order valence-electron chi connectivity index (χ4n) is 4.84. The number of aromatic nitrogens is 1. The van der Waals surface area contributed by atoms with Gasteiger partial charge in [-0.3, -0.25) is 4.79 Å². The molecule has 1 fully saturated rings. The number of pyridine rings is 1. The maximum Gasteiger partial charge on any atom is 0.244 e. The molecule has 4 N–H and O–H groups in total. The van der Waals surface area contributed by atoms with Gasteiger partial charge in [-0.15, -0.1) is 0 Å². The Morgan fingerprint density at radius 1 is 1.29 bits per heavy atom. The predicted molar refractivity (Wildman–Crippen MR) is 132 cm³/mol. The molecule has 1 amide bonds. The maximum absolute atomic E-state index is 14.4. The van der Waals surface area contributed by atoms with Gasteiger partial charge in [-0.1, -0.05) is 29.8 Å². The van der Waals surface area contributed by atoms with Gasteiger partial charge in [0.2, 0.25) is 5.91 Å². The van der Waals surface area contributed by atoms with E-state index in [1.54, 1.807) is 25.3 Å². The molecule has 1 aliphatic carbocycles. The minimum atomic E-state index is -0.930. The summed E-state index contributed by atoms with van der Waals surface area (Å²) in [6, 6.07) is 3.72. The third-order valence-electron chi connectivity index (χ3n) is 6.85. The Labute approximate surface area is 208 Å². The van der Waals surface area contributed by atoms with Gasteiger partial charge in [0.1, 0.15) is 17.7 Å². The number of anilines is 1. The SMILES string of the molecule is CC(Oc1cc(C2(CCN3CCCC3)C=CC=C(C(N)=O)C2)cnc1N)c1c(F)ccc(F)c1Cl. The molecule has 1 aliphatic heterocycles. The van der Waals surface area contributed by atoms with Gasteiger partial charge in [-0.25, -0.2) is 13.8 Å². The van der Waals surface area contributed by atoms with Crippen molar-refractivity contribution in [3.05, 3.63) is 76.0 Å². The summed E-state index contributed by atoms with van der Waals surface area (Å²) >= 11 is 6.02. The van der Waals surface area contributed by atoms with Gasteiger partial charge in [0.25, 0.3) is 0 Å². The molecule has 0 radical (unpaired) electrons. The number of carbonyl (C=O) groups excluding carboxylic acids is 1. The van der Waals surface area contributed by atoms with Crippen molar-refractivity contribution < 1.29 is 18.3 Å². The van der Waals surface area contributed by atoms with E-state index in [0.717, 1.165) is 43.8 Å². The molecule has 186 valence electrons. The average molecular weight is 503 g/mol. The second kappa shape index (κ2) is 10.3. The van der Waals surface area contributed by atoms with Crippen molar-refractivity contribution in [2.24, 2.45) is 5.73 Å². The Morgan fingerprint density at radius 2 is 2.00 bits per heavy atom. The highest BCUT2D eigenvalue weighted by molar-refractivity contribution is 6.31. The average Bonchev–Trinajstić information content (AvgIpc) is 3.36. The number of halogens is 3. The summed E-state index contributed by atoms with van der Waals surface area (Å²) in [5, 5.41) is -0.339. The van der Waals surface area contributed by atoms with Crippen LogP contribution in [0.1, 0.15) is 49.8 Å². The van der Waals surface area contributed by atoms with E-state index in [4.69, 9.17) is 27.8 Å². The van der Waals surface area contributed by atoms with Gasteiger partial charge in [0.15, 0.2) is 11.6 Å². The Kier molecular flexibility index (Phi) is 7.42. The summed E-state index contributed by atoms with van der Waals surface area (Å²) in [4.78, 5) is 18.7. The van der Waals surface area contributed by atoms with Crippen LogP contribution < -0.4 is 16.2 Å². The highest BCUT2D eigenvalue weighted by atomic mass is 35.5. The molecule has 2 heterocycles. The molecule has 1 aromatic heterocycles. The molecule has 6 nitrogen and oxygen atoms in total. The minimum absolute atomic E-state index is 0.100. The van der Waals surface area contributed by atoms with Crippen LogP contribution >= 0.6 is 11.6 Å². The fourth-order valence-corrected chi connectivity index (χ4v) is 5.15. The lowest BCUT2D eigenvalue weighted by atomic mass is 9.71. The molecule has 1 aromatic carbocycles. The van der Waals surface area contributed by atoms with E-state index in [1.807, 2.05) is 6.08 Å². The van der Waals surface area contributed by atoms with Crippen LogP contribution in [0.4, 0.5) is 14.6 Å². The van der Waals surface area contributed by atoms with Crippen molar-refractivity contribution in [3.63, 3.8) is 0 Å². The molecule has 2 atom stereocenters. The molecule has 1 saturated heterocycles. The lowest BCUT2D eigenvalue weighted by molar-refractivity contribution is -0.114. The molecule has 0 saturated carbocycles. The van der Waals surface area contributed by atoms with Crippen LogP contribution in [0, 0.1) is 11.6 Å². The monoisotopic (exact) mass is 502 g/mol. The summed E-state index contributed by atoms with van der Waals surface area (Å²) in [6.45, 7) is 4.50. The predicted octanol–water partition coefficient (Wildman–Crippen LogP) is 4.83. The van der Waals surface area contributed by atoms with Crippen LogP contribution in [0.15, 0.2) is 48.2 Å². The molecule has 9 heteroatoms. The summed E-state index contributed by atoms with van der Waals surface area (Å²) in [7, 11) is 0. The second-order valence-electron chi connectivity index (χ2n) is 9.17. The molecule has 2 aliphatic rings. The van der Waals surface area contributed by atoms with Crippen molar-refractivity contribution >= 4 is 23.3 Å². The van der Waals surface area contributed by atoms with Gasteiger partial charge in [-0.05, 0) is 76.0 Å². The number of primary amides is 1. The van der Waals surface area contributed by atoms with Crippen LogP contribution in [0.25, 0.3) is 0 Å². The van der Waals surface area contributed by atoms with Crippen LogP contribution in [-0.2, 0) is 10.2 Å². The molecular formula is C26H29ClF2N4O2. The van der Waals surface area contributed by atoms with Gasteiger partial charge in [0.05, 0.1) is 5.02 Å². The van der Waals surface area contributed by atoms with Crippen molar-refractivity contribution in [3.8, 4) is 5.75 Å². The summed E-state index contributed by atoms with van der Waals surface area (Å²) < 4.78 is 34.4. The van der Waals surface area contributed by atoms with Crippen molar-refractivity contribution in [1.82, 2.24) is 9.88 Å². The van der Waals surface area contributed by atoms with E-state index in [-0.39, 0.29) is 22.2 Å². The van der Waals surface area contributed by atoms with Gasteiger partial charge in [0, 0.05) is 22.7 Å². The quantitative estimate of drug-likeness (QED) is 0.504. The van der Waals surface area contributed by atoms with E-state index in [0.29, 0.717) is 12.0 Å². The largest absolute Gasteiger partial charge is 0.482 e. The van der Waals surface area contributed by atoms with E-state index in [9.17, 15) is 13.6 Å². The summed E-state index contributed by atoms with van der Waals surface area (Å²) in [6.07, 6.45) is 9.86. The van der Waals surface area contributed by atoms with Crippen LogP contribution in [0.5, 0.6) is 5.75 Å². The third-order valence-corrected chi connectivity index (χ3v) is 7.24. The number of hydrogen-bond acceptors (Lipinski definition) is 5. The first kappa shape index (κ1) is 25.1. The number of rotatable bonds is 8. The molecule has 0 spiro atoms. The maximum atomic E-state index is 14.4. The van der Waals surface area contributed by atoms with Crippen molar-refractivity contribution in [2.75, 3.05) is 25.4 Å². The van der Waals surface area contributed by atoms with Crippen molar-refractivity contribution in [1.29, 1.82) is 0 Å². The number of carbonyl (C=O) groups is 1. The fraction of sp³-hybridized carbons (Fsp3) is 0.385. The number of amides is 1. The first-order valence-corrected chi connectivity index (χ1v) is 12.0. The summed E-state index contributed by atoms with van der Waals surface area (Å²) in [5.74, 6) is -1.56. The Hall–Kier alpha value is -2.97. The molecule has 2 unspecified atom stereocenters. The van der Waals surface area contributed by atoms with Crippen molar-refractivity contribution in [2.45, 2.75) is 44.1 Å². The number of allylic oxidation sites excluding steroid dienone is 3. The van der Waals surface area contributed by atoms with Crippen LogP contribution in [0.2, 0.25) is 5.02 Å². The zero-order valence-corrected chi connectivity index (χ0v) is 20.3. The Balaban J connectivity index is 1.66. The Bertz CT molecular complexity index is 1180. The number of ether oxygens (including phenoxy) is 1. The minimum Gasteiger partial charge on any atom is -0.482 e. The number of nitrogens with zero attached hydrogens (tertiary/aromatic N) is 2. The molecule has 2 aromatic rings. The Morgan fingerprint density at radius 3 is 2.71 bits per heavy atom.